The van der Waals surface area contributed by atoms with Gasteiger partial charge in [-0.25, -0.2) is 26.5 Å². The molecule has 1 aliphatic heterocycles. The highest BCUT2D eigenvalue weighted by molar-refractivity contribution is 7.90. The number of pyridine rings is 1. The minimum atomic E-state index is -4.31. The molecule has 3 aliphatic carbocycles. The van der Waals surface area contributed by atoms with Gasteiger partial charge >= 0.3 is 0 Å². The monoisotopic (exact) mass is 879 g/mol. The molecule has 13 nitrogen and oxygen atoms in total. The molecular formula is C46H65N5O8S2. The summed E-state index contributed by atoms with van der Waals surface area (Å²) in [4.78, 5) is 63.7. The first kappa shape index (κ1) is 46.6. The van der Waals surface area contributed by atoms with E-state index in [2.05, 4.69) is 35.4 Å². The van der Waals surface area contributed by atoms with E-state index in [4.69, 9.17) is 0 Å². The second kappa shape index (κ2) is 16.3. The van der Waals surface area contributed by atoms with Crippen LogP contribution in [-0.2, 0) is 39.2 Å². The van der Waals surface area contributed by atoms with Gasteiger partial charge in [0.1, 0.15) is 10.7 Å². The van der Waals surface area contributed by atoms with Gasteiger partial charge in [-0.3, -0.25) is 19.2 Å². The first-order chi connectivity index (χ1) is 28.4. The van der Waals surface area contributed by atoms with Crippen molar-refractivity contribution in [3.8, 4) is 0 Å². The third kappa shape index (κ3) is 8.00. The third-order valence-electron chi connectivity index (χ3n) is 15.6. The molecule has 2 heterocycles. The number of aromatic nitrogens is 1. The van der Waals surface area contributed by atoms with Crippen LogP contribution < -0.4 is 10.0 Å². The van der Waals surface area contributed by atoms with E-state index in [1.807, 2.05) is 34.6 Å². The lowest BCUT2D eigenvalue weighted by molar-refractivity contribution is -0.144. The van der Waals surface area contributed by atoms with Gasteiger partial charge in [0.15, 0.2) is 10.8 Å². The SMILES string of the molecule is C=C[C@@H]1C[C@]1(CC(=O)[C@@H]1C[C@@]2(CN1C(=O)[C@@H](CC(=O)C[C@H](CN(C)S(=O)(=O)c1ccccn1)C(C)(C)C)C(C)C)C(C)(C)C21CCC1)C(=O)NS(=O)(=O)c1ccccc1NC. The Kier molecular flexibility index (Phi) is 12.4. The number of Topliss-reactive ketones (excluding diaryl/α,β-unsaturated/α-hetero) is 2. The van der Waals surface area contributed by atoms with Crippen LogP contribution in [0.4, 0.5) is 5.69 Å². The second-order valence-electron chi connectivity index (χ2n) is 20.2. The first-order valence-corrected chi connectivity index (χ1v) is 24.5. The lowest BCUT2D eigenvalue weighted by Crippen LogP contribution is -2.47. The highest BCUT2D eigenvalue weighted by Gasteiger charge is 2.85. The Morgan fingerprint density at radius 2 is 1.64 bits per heavy atom. The fraction of sp³-hybridized carbons (Fsp3) is 0.630. The zero-order chi connectivity index (χ0) is 45.1. The number of benzene rings is 1. The Balaban J connectivity index is 1.24. The van der Waals surface area contributed by atoms with Gasteiger partial charge < -0.3 is 10.2 Å². The van der Waals surface area contributed by atoms with Crippen molar-refractivity contribution in [2.24, 2.45) is 50.7 Å². The van der Waals surface area contributed by atoms with Crippen molar-refractivity contribution in [1.29, 1.82) is 0 Å². The molecule has 6 atom stereocenters. The molecule has 3 saturated carbocycles. The van der Waals surface area contributed by atoms with Crippen molar-refractivity contribution in [2.45, 2.75) is 116 Å². The highest BCUT2D eigenvalue weighted by Crippen LogP contribution is 2.88. The molecule has 1 saturated heterocycles. The third-order valence-corrected chi connectivity index (χ3v) is 18.7. The lowest BCUT2D eigenvalue weighted by atomic mass is 9.73. The van der Waals surface area contributed by atoms with Crippen LogP contribution in [0.3, 0.4) is 0 Å². The van der Waals surface area contributed by atoms with E-state index in [0.29, 0.717) is 18.7 Å². The molecule has 0 bridgehead atoms. The van der Waals surface area contributed by atoms with E-state index in [9.17, 15) is 31.2 Å². The zero-order valence-electron chi connectivity index (χ0n) is 37.3. The second-order valence-corrected chi connectivity index (χ2v) is 23.8. The topological polar surface area (TPSA) is 180 Å². The average Bonchev–Trinajstić information content (AvgIpc) is 3.91. The lowest BCUT2D eigenvalue weighted by Gasteiger charge is -2.34. The van der Waals surface area contributed by atoms with Crippen LogP contribution in [0.5, 0.6) is 0 Å². The fourth-order valence-electron chi connectivity index (χ4n) is 11.1. The number of hydrogen-bond donors (Lipinski definition) is 2. The maximum Gasteiger partial charge on any atom is 0.266 e. The molecule has 4 aliphatic rings. The summed E-state index contributed by atoms with van der Waals surface area (Å²) in [6.07, 6.45) is 6.49. The standard InChI is InChI=1S/C46H65N5O8S2/c1-11-31-25-44(31,41(55)49-60(56,57)38-18-13-12-17-35(38)47-9)27-37(53)36-26-46(43(7,8)45(46)20-16-21-45)29-51(36)40(54)34(30(2)3)24-33(52)23-32(42(4,5)6)28-50(10)61(58,59)39-19-14-15-22-48-39/h11-15,17-19,22,30-32,34,36,47H,1,16,20-21,23-29H2,2-10H3,(H,49,55)/t31-,32-,34+,36+,44-,46-/m1/s1. The number of anilines is 1. The molecule has 1 aromatic carbocycles. The quantitative estimate of drug-likeness (QED) is 0.157. The van der Waals surface area contributed by atoms with E-state index < -0.39 is 54.7 Å². The number of amides is 2. The molecule has 1 aromatic heterocycles. The van der Waals surface area contributed by atoms with Crippen molar-refractivity contribution in [3.05, 3.63) is 61.3 Å². The van der Waals surface area contributed by atoms with E-state index in [1.54, 1.807) is 48.4 Å². The maximum absolute atomic E-state index is 15.0. The van der Waals surface area contributed by atoms with Gasteiger partial charge in [0.05, 0.1) is 17.1 Å². The van der Waals surface area contributed by atoms with Gasteiger partial charge in [-0.05, 0) is 83.9 Å². The summed E-state index contributed by atoms with van der Waals surface area (Å²) in [6.45, 7) is 18.4. The highest BCUT2D eigenvalue weighted by atomic mass is 32.2. The largest absolute Gasteiger partial charge is 0.387 e. The number of rotatable bonds is 18. The number of carbonyl (C=O) groups is 4. The predicted octanol–water partition coefficient (Wildman–Crippen LogP) is 6.48. The number of allylic oxidation sites excluding steroid dienone is 1. The van der Waals surface area contributed by atoms with Crippen LogP contribution in [0, 0.1) is 50.7 Å². The summed E-state index contributed by atoms with van der Waals surface area (Å²) in [5.41, 5.74) is -1.94. The normalized spacial score (nSPS) is 26.1. The number of ketones is 2. The number of hydrogen-bond acceptors (Lipinski definition) is 10. The van der Waals surface area contributed by atoms with Crippen molar-refractivity contribution >= 4 is 49.1 Å². The summed E-state index contributed by atoms with van der Waals surface area (Å²) < 4.78 is 57.4. The first-order valence-electron chi connectivity index (χ1n) is 21.5. The van der Waals surface area contributed by atoms with Gasteiger partial charge in [0.25, 0.3) is 20.0 Å². The average molecular weight is 880 g/mol. The molecule has 4 fully saturated rings. The number of sulfonamides is 2. The molecule has 2 spiro atoms. The molecule has 0 unspecified atom stereocenters. The number of nitrogens with one attached hydrogen (secondary N) is 2. The maximum atomic E-state index is 15.0. The molecule has 15 heteroatoms. The smallest absolute Gasteiger partial charge is 0.266 e. The molecule has 0 radical (unpaired) electrons. The molecule has 6 rings (SSSR count). The number of nitrogens with zero attached hydrogens (tertiary/aromatic N) is 3. The van der Waals surface area contributed by atoms with Gasteiger partial charge in [-0.15, -0.1) is 6.58 Å². The minimum Gasteiger partial charge on any atom is -0.387 e. The Morgan fingerprint density at radius 3 is 2.16 bits per heavy atom. The number of fused-ring (bicyclic) bond motifs is 1. The molecule has 2 N–H and O–H groups in total. The van der Waals surface area contributed by atoms with Crippen LogP contribution >= 0.6 is 0 Å². The van der Waals surface area contributed by atoms with Gasteiger partial charge in [-0.2, -0.15) is 4.31 Å². The number of likely N-dealkylation sites (tertiary alicyclic amines) is 1. The molecule has 2 aromatic rings. The summed E-state index contributed by atoms with van der Waals surface area (Å²) in [5, 5.41) is 2.77. The van der Waals surface area contributed by atoms with Crippen molar-refractivity contribution in [1.82, 2.24) is 18.9 Å². The molecule has 334 valence electrons. The summed E-state index contributed by atoms with van der Waals surface area (Å²) in [7, 11) is -5.15. The van der Waals surface area contributed by atoms with E-state index >= 15 is 4.79 Å². The minimum absolute atomic E-state index is 0.00858. The van der Waals surface area contributed by atoms with Crippen LogP contribution in [0.1, 0.15) is 99.8 Å². The van der Waals surface area contributed by atoms with E-state index in [1.165, 1.54) is 29.7 Å². The van der Waals surface area contributed by atoms with Gasteiger partial charge in [-0.1, -0.05) is 79.2 Å². The molecular weight excluding hydrogens is 815 g/mol. The fourth-order valence-corrected chi connectivity index (χ4v) is 13.5. The summed E-state index contributed by atoms with van der Waals surface area (Å²) in [5.74, 6) is -3.34. The van der Waals surface area contributed by atoms with Crippen LogP contribution in [0.2, 0.25) is 0 Å². The summed E-state index contributed by atoms with van der Waals surface area (Å²) >= 11 is 0. The van der Waals surface area contributed by atoms with Crippen LogP contribution in [0.15, 0.2) is 71.2 Å². The van der Waals surface area contributed by atoms with Crippen molar-refractivity contribution < 1.29 is 36.0 Å². The Morgan fingerprint density at radius 1 is 0.984 bits per heavy atom. The summed E-state index contributed by atoms with van der Waals surface area (Å²) in [6, 6.07) is 10.1. The predicted molar refractivity (Wildman–Crippen MR) is 234 cm³/mol. The van der Waals surface area contributed by atoms with Crippen molar-refractivity contribution in [3.63, 3.8) is 0 Å². The molecule has 61 heavy (non-hydrogen) atoms. The Labute approximate surface area is 363 Å². The Bertz CT molecular complexity index is 2290. The van der Waals surface area contributed by atoms with Crippen LogP contribution in [0.25, 0.3) is 0 Å². The van der Waals surface area contributed by atoms with Crippen molar-refractivity contribution in [2.75, 3.05) is 32.5 Å². The van der Waals surface area contributed by atoms with Gasteiger partial charge in [0.2, 0.25) is 11.8 Å². The van der Waals surface area contributed by atoms with Crippen LogP contribution in [-0.4, -0.2) is 87.6 Å². The Hall–Kier alpha value is -3.95. The number of carbonyl (C=O) groups excluding carboxylic acids is 4. The van der Waals surface area contributed by atoms with E-state index in [0.717, 1.165) is 19.3 Å². The number of para-hydroxylation sites is 1. The van der Waals surface area contributed by atoms with Gasteiger partial charge in [0, 0.05) is 64.0 Å². The zero-order valence-corrected chi connectivity index (χ0v) is 38.9. The van der Waals surface area contributed by atoms with E-state index in [-0.39, 0.29) is 87.7 Å². The molecule has 2 amide bonds.